The first kappa shape index (κ1) is 8.39. The van der Waals surface area contributed by atoms with Crippen LogP contribution in [-0.2, 0) is 4.79 Å². The van der Waals surface area contributed by atoms with Crippen LogP contribution < -0.4 is 0 Å². The molecule has 0 radical (unpaired) electrons. The highest BCUT2D eigenvalue weighted by molar-refractivity contribution is 6.39. The monoisotopic (exact) mass is 169 g/mol. The Morgan fingerprint density at radius 1 is 1.33 bits per heavy atom. The van der Waals surface area contributed by atoms with E-state index in [-0.39, 0.29) is 5.56 Å². The van der Waals surface area contributed by atoms with Crippen LogP contribution in [0.15, 0.2) is 24.3 Å². The molecular formula is C8H5FO3. The van der Waals surface area contributed by atoms with E-state index in [4.69, 9.17) is 5.11 Å². The van der Waals surface area contributed by atoms with Crippen LogP contribution in [0.3, 0.4) is 0 Å². The lowest BCUT2D eigenvalue weighted by atomic mass is 10.3. The van der Waals surface area contributed by atoms with Crippen LogP contribution in [0.4, 0.5) is 4.39 Å². The first-order valence-electron chi connectivity index (χ1n) is 3.14. The SMILES string of the molecule is O=C(O)[13C](=O)c1cccc(F)c1. The van der Waals surface area contributed by atoms with E-state index in [2.05, 4.69) is 0 Å². The molecule has 12 heavy (non-hydrogen) atoms. The minimum atomic E-state index is -1.58. The zero-order valence-corrected chi connectivity index (χ0v) is 5.95. The lowest BCUT2D eigenvalue weighted by molar-refractivity contribution is -0.131. The minimum absolute atomic E-state index is 0.150. The Hall–Kier alpha value is -1.71. The second-order valence-corrected chi connectivity index (χ2v) is 2.14. The van der Waals surface area contributed by atoms with Gasteiger partial charge in [0.2, 0.25) is 0 Å². The van der Waals surface area contributed by atoms with Crippen molar-refractivity contribution in [3.63, 3.8) is 0 Å². The molecule has 0 unspecified atom stereocenters. The maximum atomic E-state index is 12.4. The number of carboxylic acid groups (broad SMARTS) is 1. The van der Waals surface area contributed by atoms with Gasteiger partial charge < -0.3 is 5.11 Å². The summed E-state index contributed by atoms with van der Waals surface area (Å²) < 4.78 is 12.4. The van der Waals surface area contributed by atoms with Crippen LogP contribution in [0.1, 0.15) is 10.4 Å². The molecule has 1 aromatic carbocycles. The van der Waals surface area contributed by atoms with Gasteiger partial charge in [-0.15, -0.1) is 0 Å². The number of carboxylic acids is 1. The normalized spacial score (nSPS) is 9.42. The van der Waals surface area contributed by atoms with Crippen molar-refractivity contribution in [2.24, 2.45) is 0 Å². The zero-order valence-electron chi connectivity index (χ0n) is 5.95. The quantitative estimate of drug-likeness (QED) is 0.409. The van der Waals surface area contributed by atoms with E-state index in [1.165, 1.54) is 12.1 Å². The van der Waals surface area contributed by atoms with Crippen LogP contribution in [0.5, 0.6) is 0 Å². The summed E-state index contributed by atoms with van der Waals surface area (Å²) in [6.07, 6.45) is 0. The Kier molecular flexibility index (Phi) is 2.19. The fourth-order valence-electron chi connectivity index (χ4n) is 0.753. The van der Waals surface area contributed by atoms with E-state index < -0.39 is 17.6 Å². The van der Waals surface area contributed by atoms with E-state index in [9.17, 15) is 14.0 Å². The molecule has 0 fully saturated rings. The number of Topliss-reactive ketones (excluding diaryl/α,β-unsaturated/α-hetero) is 1. The average Bonchev–Trinajstić information content (AvgIpc) is 2.03. The van der Waals surface area contributed by atoms with Crippen molar-refractivity contribution in [2.45, 2.75) is 0 Å². The Balaban J connectivity index is 3.04. The number of aliphatic carboxylic acids is 1. The molecule has 0 heterocycles. The predicted octanol–water partition coefficient (Wildman–Crippen LogP) is 1.09. The zero-order chi connectivity index (χ0) is 9.14. The second-order valence-electron chi connectivity index (χ2n) is 2.14. The van der Waals surface area contributed by atoms with E-state index in [1.54, 1.807) is 0 Å². The van der Waals surface area contributed by atoms with E-state index in [1.807, 2.05) is 0 Å². The third-order valence-electron chi connectivity index (χ3n) is 1.28. The van der Waals surface area contributed by atoms with Gasteiger partial charge in [-0.1, -0.05) is 12.1 Å². The van der Waals surface area contributed by atoms with Gasteiger partial charge >= 0.3 is 5.97 Å². The largest absolute Gasteiger partial charge is 0.475 e. The molecule has 0 aliphatic rings. The van der Waals surface area contributed by atoms with Gasteiger partial charge in [-0.3, -0.25) is 4.79 Å². The third-order valence-corrected chi connectivity index (χ3v) is 1.28. The standard InChI is InChI=1S/C8H5FO3/c9-6-3-1-2-5(4-6)7(10)8(11)12/h1-4H,(H,11,12)/i7+1. The van der Waals surface area contributed by atoms with Crippen molar-refractivity contribution in [3.8, 4) is 0 Å². The first-order valence-corrected chi connectivity index (χ1v) is 3.14. The van der Waals surface area contributed by atoms with Crippen LogP contribution in [0.2, 0.25) is 0 Å². The Morgan fingerprint density at radius 2 is 2.00 bits per heavy atom. The average molecular weight is 169 g/mol. The van der Waals surface area contributed by atoms with Gasteiger partial charge in [0.25, 0.3) is 5.78 Å². The summed E-state index contributed by atoms with van der Waals surface area (Å²) in [7, 11) is 0. The number of carbonyl (C=O) groups excluding carboxylic acids is 1. The number of rotatable bonds is 2. The molecule has 0 aliphatic heterocycles. The fourth-order valence-corrected chi connectivity index (χ4v) is 0.753. The van der Waals surface area contributed by atoms with Crippen LogP contribution in [-0.4, -0.2) is 16.9 Å². The number of benzene rings is 1. The highest BCUT2D eigenvalue weighted by atomic mass is 19.1. The van der Waals surface area contributed by atoms with Gasteiger partial charge in [0.1, 0.15) is 5.82 Å². The van der Waals surface area contributed by atoms with E-state index in [0.29, 0.717) is 0 Å². The molecule has 1 N–H and O–H groups in total. The second kappa shape index (κ2) is 3.13. The smallest absolute Gasteiger partial charge is 0.377 e. The summed E-state index contributed by atoms with van der Waals surface area (Å²) in [6, 6.07) is 4.56. The molecule has 0 aliphatic carbocycles. The number of carbonyl (C=O) groups is 2. The van der Waals surface area contributed by atoms with Crippen molar-refractivity contribution >= 4 is 11.8 Å². The Bertz CT molecular complexity index is 333. The lowest BCUT2D eigenvalue weighted by Crippen LogP contribution is -2.12. The van der Waals surface area contributed by atoms with Crippen LogP contribution in [0, 0.1) is 5.82 Å². The summed E-state index contributed by atoms with van der Waals surface area (Å²) in [5.74, 6) is -3.31. The van der Waals surface area contributed by atoms with Gasteiger partial charge in [-0.25, -0.2) is 9.18 Å². The Labute approximate surface area is 67.4 Å². The Morgan fingerprint density at radius 3 is 2.50 bits per heavy atom. The summed E-state index contributed by atoms with van der Waals surface area (Å²) in [6.45, 7) is 0. The van der Waals surface area contributed by atoms with Crippen LogP contribution >= 0.6 is 0 Å². The molecule has 0 bridgehead atoms. The summed E-state index contributed by atoms with van der Waals surface area (Å²) in [5, 5.41) is 8.25. The molecule has 0 spiro atoms. The maximum absolute atomic E-state index is 12.4. The van der Waals surface area contributed by atoms with Gasteiger partial charge in [0.05, 0.1) is 0 Å². The van der Waals surface area contributed by atoms with E-state index >= 15 is 0 Å². The molecule has 0 amide bonds. The fraction of sp³-hybridized carbons (Fsp3) is 0. The predicted molar refractivity (Wildman–Crippen MR) is 38.4 cm³/mol. The summed E-state index contributed by atoms with van der Waals surface area (Å²) in [4.78, 5) is 20.9. The molecule has 3 nitrogen and oxygen atoms in total. The molecule has 0 atom stereocenters. The maximum Gasteiger partial charge on any atom is 0.377 e. The van der Waals surface area contributed by atoms with Crippen molar-refractivity contribution in [2.75, 3.05) is 0 Å². The van der Waals surface area contributed by atoms with E-state index in [0.717, 1.165) is 12.1 Å². The van der Waals surface area contributed by atoms with Gasteiger partial charge in [0.15, 0.2) is 0 Å². The van der Waals surface area contributed by atoms with Crippen molar-refractivity contribution in [3.05, 3.63) is 35.6 Å². The lowest BCUT2D eigenvalue weighted by Gasteiger charge is -1.94. The highest BCUT2D eigenvalue weighted by Gasteiger charge is 2.13. The molecule has 0 aromatic heterocycles. The van der Waals surface area contributed by atoms with Crippen LogP contribution in [0.25, 0.3) is 0 Å². The highest BCUT2D eigenvalue weighted by Crippen LogP contribution is 2.03. The number of hydrogen-bond acceptors (Lipinski definition) is 2. The molecular weight excluding hydrogens is 164 g/mol. The van der Waals surface area contributed by atoms with Gasteiger partial charge in [-0.05, 0) is 12.1 Å². The van der Waals surface area contributed by atoms with Crippen molar-refractivity contribution in [1.82, 2.24) is 0 Å². The number of hydrogen-bond donors (Lipinski definition) is 1. The molecule has 0 saturated heterocycles. The van der Waals surface area contributed by atoms with Gasteiger partial charge in [-0.2, -0.15) is 0 Å². The summed E-state index contributed by atoms with van der Waals surface area (Å²) in [5.41, 5.74) is -0.150. The van der Waals surface area contributed by atoms with Crippen molar-refractivity contribution in [1.29, 1.82) is 0 Å². The topological polar surface area (TPSA) is 54.4 Å². The third kappa shape index (κ3) is 1.66. The molecule has 1 aromatic rings. The molecule has 1 rings (SSSR count). The number of halogens is 1. The van der Waals surface area contributed by atoms with Crippen molar-refractivity contribution < 1.29 is 19.1 Å². The molecule has 4 heteroatoms. The summed E-state index contributed by atoms with van der Waals surface area (Å²) >= 11 is 0. The molecule has 0 saturated carbocycles. The first-order chi connectivity index (χ1) is 5.61. The molecule has 62 valence electrons. The number of ketones is 1. The van der Waals surface area contributed by atoms with Gasteiger partial charge in [0, 0.05) is 5.56 Å². The minimum Gasteiger partial charge on any atom is -0.475 e.